The van der Waals surface area contributed by atoms with Gasteiger partial charge in [-0.1, -0.05) is 30.3 Å². The van der Waals surface area contributed by atoms with Crippen molar-refractivity contribution >= 4 is 17.9 Å². The molecule has 150 valence electrons. The van der Waals surface area contributed by atoms with E-state index in [1.165, 1.54) is 6.08 Å². The number of rotatable bonds is 9. The van der Waals surface area contributed by atoms with Gasteiger partial charge in [0.1, 0.15) is 17.7 Å². The lowest BCUT2D eigenvalue weighted by Gasteiger charge is -2.18. The summed E-state index contributed by atoms with van der Waals surface area (Å²) in [6, 6.07) is 11.2. The van der Waals surface area contributed by atoms with Crippen molar-refractivity contribution in [2.24, 2.45) is 0 Å². The highest BCUT2D eigenvalue weighted by molar-refractivity contribution is 5.95. The number of hydrogen-bond acceptors (Lipinski definition) is 2. The third-order valence-corrected chi connectivity index (χ3v) is 4.02. The number of nitrogens with one attached hydrogen (secondary N) is 2. The number of carbonyl (C=O) groups excluding carboxylic acids is 2. The first-order valence-electron chi connectivity index (χ1n) is 9.17. The third kappa shape index (κ3) is 7.97. The minimum atomic E-state index is -0.991. The van der Waals surface area contributed by atoms with Gasteiger partial charge in [0.25, 0.3) is 0 Å². The maximum absolute atomic E-state index is 13.5. The monoisotopic (exact) mass is 396 g/mol. The predicted octanol–water partition coefficient (Wildman–Crippen LogP) is 3.24. The molecule has 2 N–H and O–H groups in total. The van der Waals surface area contributed by atoms with Crippen LogP contribution in [0.2, 0.25) is 0 Å². The van der Waals surface area contributed by atoms with Crippen molar-refractivity contribution in [3.8, 4) is 12.3 Å². The van der Waals surface area contributed by atoms with E-state index in [1.807, 2.05) is 30.3 Å². The summed E-state index contributed by atoms with van der Waals surface area (Å²) in [5, 5.41) is 5.28. The maximum Gasteiger partial charge on any atom is 0.244 e. The van der Waals surface area contributed by atoms with E-state index < -0.39 is 29.5 Å². The lowest BCUT2D eigenvalue weighted by Crippen LogP contribution is -2.47. The normalized spacial score (nSPS) is 11.6. The van der Waals surface area contributed by atoms with Crippen LogP contribution >= 0.6 is 0 Å². The van der Waals surface area contributed by atoms with E-state index in [-0.39, 0.29) is 12.0 Å². The molecule has 0 fully saturated rings. The van der Waals surface area contributed by atoms with Crippen LogP contribution in [0.5, 0.6) is 0 Å². The number of unbranched alkanes of at least 4 members (excludes halogenated alkanes) is 1. The number of hydrogen-bond donors (Lipinski definition) is 2. The van der Waals surface area contributed by atoms with Crippen molar-refractivity contribution < 1.29 is 18.4 Å². The second-order valence-electron chi connectivity index (χ2n) is 6.39. The Bertz CT molecular complexity index is 885. The summed E-state index contributed by atoms with van der Waals surface area (Å²) in [7, 11) is 0. The molecule has 0 saturated heterocycles. The predicted molar refractivity (Wildman–Crippen MR) is 109 cm³/mol. The van der Waals surface area contributed by atoms with E-state index in [4.69, 9.17) is 6.42 Å². The van der Waals surface area contributed by atoms with Crippen LogP contribution in [0.4, 0.5) is 8.78 Å². The molecule has 0 unspecified atom stereocenters. The first-order chi connectivity index (χ1) is 14.0. The van der Waals surface area contributed by atoms with Gasteiger partial charge < -0.3 is 10.6 Å². The number of benzene rings is 2. The lowest BCUT2D eigenvalue weighted by atomic mass is 10.0. The molecule has 0 aliphatic carbocycles. The summed E-state index contributed by atoms with van der Waals surface area (Å²) in [5.41, 5.74) is 1.09. The molecule has 0 heterocycles. The zero-order valence-electron chi connectivity index (χ0n) is 15.8. The Morgan fingerprint density at radius 3 is 2.45 bits per heavy atom. The van der Waals surface area contributed by atoms with E-state index in [0.717, 1.165) is 23.8 Å². The Balaban J connectivity index is 2.08. The van der Waals surface area contributed by atoms with Crippen LogP contribution < -0.4 is 10.6 Å². The highest BCUT2D eigenvalue weighted by atomic mass is 19.1. The molecular weight excluding hydrogens is 374 g/mol. The van der Waals surface area contributed by atoms with Crippen molar-refractivity contribution in [1.82, 2.24) is 10.6 Å². The van der Waals surface area contributed by atoms with Crippen LogP contribution in [0.3, 0.4) is 0 Å². The average molecular weight is 396 g/mol. The van der Waals surface area contributed by atoms with Crippen molar-refractivity contribution in [2.45, 2.75) is 25.3 Å². The van der Waals surface area contributed by atoms with Gasteiger partial charge in [0, 0.05) is 31.5 Å². The van der Waals surface area contributed by atoms with E-state index in [2.05, 4.69) is 16.6 Å². The molecule has 1 atom stereocenters. The third-order valence-electron chi connectivity index (χ3n) is 4.02. The Labute approximate surface area is 169 Å². The summed E-state index contributed by atoms with van der Waals surface area (Å²) in [6.45, 7) is 0.340. The molecule has 0 aliphatic heterocycles. The van der Waals surface area contributed by atoms with Crippen molar-refractivity contribution in [3.63, 3.8) is 0 Å². The summed E-state index contributed by atoms with van der Waals surface area (Å²) >= 11 is 0. The maximum atomic E-state index is 13.5. The fourth-order valence-electron chi connectivity index (χ4n) is 2.65. The molecule has 0 spiro atoms. The highest BCUT2D eigenvalue weighted by Gasteiger charge is 2.21. The van der Waals surface area contributed by atoms with Crippen molar-refractivity contribution in [1.29, 1.82) is 0 Å². The standard InChI is InChI=1S/C23H22F2N2O2/c1-2-3-7-12-26-23(29)21(15-18-13-19(24)16-20(25)14-18)27-22(28)11-10-17-8-5-4-6-9-17/h1,4-6,8-11,13-14,16,21H,3,7,12,15H2,(H,26,29)(H,27,28)/b11-10+/t21-/m0/s1. The molecule has 0 bridgehead atoms. The summed E-state index contributed by atoms with van der Waals surface area (Å²) in [5.74, 6) is 0.0384. The highest BCUT2D eigenvalue weighted by Crippen LogP contribution is 2.11. The van der Waals surface area contributed by atoms with Gasteiger partial charge in [-0.3, -0.25) is 9.59 Å². The summed E-state index contributed by atoms with van der Waals surface area (Å²) in [4.78, 5) is 24.8. The SMILES string of the molecule is C#CCCCNC(=O)[C@H](Cc1cc(F)cc(F)c1)NC(=O)/C=C/c1ccccc1. The minimum absolute atomic E-state index is 0.0550. The molecular formula is C23H22F2N2O2. The number of terminal acetylenes is 1. The topological polar surface area (TPSA) is 58.2 Å². The second-order valence-corrected chi connectivity index (χ2v) is 6.39. The zero-order valence-corrected chi connectivity index (χ0v) is 15.8. The van der Waals surface area contributed by atoms with E-state index in [9.17, 15) is 18.4 Å². The van der Waals surface area contributed by atoms with Gasteiger partial charge in [-0.25, -0.2) is 8.78 Å². The van der Waals surface area contributed by atoms with E-state index >= 15 is 0 Å². The van der Waals surface area contributed by atoms with Gasteiger partial charge in [0.15, 0.2) is 0 Å². The summed E-state index contributed by atoms with van der Waals surface area (Å²) in [6.07, 6.45) is 9.14. The second kappa shape index (κ2) is 11.4. The van der Waals surface area contributed by atoms with Gasteiger partial charge in [-0.2, -0.15) is 0 Å². The molecule has 2 amide bonds. The first-order valence-corrected chi connectivity index (χ1v) is 9.17. The Hall–Kier alpha value is -3.46. The van der Waals surface area contributed by atoms with Crippen LogP contribution in [0, 0.1) is 24.0 Å². The molecule has 4 nitrogen and oxygen atoms in total. The molecule has 29 heavy (non-hydrogen) atoms. The van der Waals surface area contributed by atoms with Crippen LogP contribution in [0.1, 0.15) is 24.0 Å². The van der Waals surface area contributed by atoms with Gasteiger partial charge in [-0.05, 0) is 35.8 Å². The molecule has 2 rings (SSSR count). The molecule has 2 aromatic carbocycles. The Morgan fingerprint density at radius 2 is 1.79 bits per heavy atom. The molecule has 2 aromatic rings. The lowest BCUT2D eigenvalue weighted by molar-refractivity contribution is -0.127. The van der Waals surface area contributed by atoms with Crippen LogP contribution in [-0.4, -0.2) is 24.4 Å². The van der Waals surface area contributed by atoms with Crippen LogP contribution in [0.15, 0.2) is 54.6 Å². The quantitative estimate of drug-likeness (QED) is 0.388. The van der Waals surface area contributed by atoms with Gasteiger partial charge in [0.05, 0.1) is 0 Å². The van der Waals surface area contributed by atoms with Gasteiger partial charge in [0.2, 0.25) is 11.8 Å². The molecule has 0 saturated carbocycles. The average Bonchev–Trinajstić information content (AvgIpc) is 2.69. The van der Waals surface area contributed by atoms with Crippen LogP contribution in [0.25, 0.3) is 6.08 Å². The minimum Gasteiger partial charge on any atom is -0.354 e. The van der Waals surface area contributed by atoms with Crippen molar-refractivity contribution in [3.05, 3.63) is 77.4 Å². The first kappa shape index (κ1) is 21.8. The smallest absolute Gasteiger partial charge is 0.244 e. The number of halogens is 2. The fourth-order valence-corrected chi connectivity index (χ4v) is 2.65. The van der Waals surface area contributed by atoms with Crippen molar-refractivity contribution in [2.75, 3.05) is 6.54 Å². The number of amides is 2. The summed E-state index contributed by atoms with van der Waals surface area (Å²) < 4.78 is 27.0. The molecule has 0 aromatic heterocycles. The Morgan fingerprint density at radius 1 is 1.10 bits per heavy atom. The zero-order chi connectivity index (χ0) is 21.1. The Kier molecular flexibility index (Phi) is 8.58. The van der Waals surface area contributed by atoms with E-state index in [0.29, 0.717) is 19.4 Å². The fraction of sp³-hybridized carbons (Fsp3) is 0.217. The van der Waals surface area contributed by atoms with Gasteiger partial charge >= 0.3 is 0 Å². The van der Waals surface area contributed by atoms with E-state index in [1.54, 1.807) is 6.08 Å². The largest absolute Gasteiger partial charge is 0.354 e. The van der Waals surface area contributed by atoms with Gasteiger partial charge in [-0.15, -0.1) is 12.3 Å². The molecule has 6 heteroatoms. The van der Waals surface area contributed by atoms with Crippen LogP contribution in [-0.2, 0) is 16.0 Å². The molecule has 0 aliphatic rings. The molecule has 0 radical (unpaired) electrons. The number of carbonyl (C=O) groups is 2.